The lowest BCUT2D eigenvalue weighted by molar-refractivity contribution is 0.0922. The topological polar surface area (TPSA) is 78.4 Å². The van der Waals surface area contributed by atoms with Gasteiger partial charge in [-0.3, -0.25) is 4.79 Å². The van der Waals surface area contributed by atoms with Gasteiger partial charge in [0.1, 0.15) is 0 Å². The molecule has 2 atom stereocenters. The highest BCUT2D eigenvalue weighted by atomic mass is 16.3. The normalized spacial score (nSPS) is 22.4. The molecule has 2 rings (SSSR count). The molecule has 1 aromatic heterocycles. The molecule has 0 radical (unpaired) electrons. The summed E-state index contributed by atoms with van der Waals surface area (Å²) in [6.45, 7) is 5.09. The van der Waals surface area contributed by atoms with Gasteiger partial charge in [0, 0.05) is 38.5 Å². The van der Waals surface area contributed by atoms with Gasteiger partial charge in [0.15, 0.2) is 5.69 Å². The minimum Gasteiger partial charge on any atom is -0.396 e. The summed E-state index contributed by atoms with van der Waals surface area (Å²) in [4.78, 5) is 14.5. The van der Waals surface area contributed by atoms with Crippen molar-refractivity contribution in [1.82, 2.24) is 20.4 Å². The predicted octanol–water partition coefficient (Wildman–Crippen LogP) is 0.689. The number of aliphatic hydroxyl groups excluding tert-OH is 1. The molecule has 0 aromatic carbocycles. The van der Waals surface area contributed by atoms with Crippen LogP contribution in [0, 0.1) is 5.92 Å². The molecule has 21 heavy (non-hydrogen) atoms. The molecule has 116 valence electrons. The fraction of sp³-hybridized carbons (Fsp3) is 0.667. The Morgan fingerprint density at radius 1 is 1.52 bits per heavy atom. The van der Waals surface area contributed by atoms with E-state index in [1.807, 2.05) is 0 Å². The van der Waals surface area contributed by atoms with Gasteiger partial charge in [0.2, 0.25) is 0 Å². The third-order valence-corrected chi connectivity index (χ3v) is 3.93. The Morgan fingerprint density at radius 3 is 3.05 bits per heavy atom. The molecule has 0 saturated carbocycles. The van der Waals surface area contributed by atoms with Crippen LogP contribution in [0.1, 0.15) is 36.7 Å². The Kier molecular flexibility index (Phi) is 6.07. The van der Waals surface area contributed by atoms with Crippen molar-refractivity contribution in [3.8, 4) is 0 Å². The summed E-state index contributed by atoms with van der Waals surface area (Å²) in [5.41, 5.74) is 0.363. The summed E-state index contributed by atoms with van der Waals surface area (Å²) < 4.78 is 0. The SMILES string of the molecule is CCCC1CN(CCCO)CC1NC(=O)c1cccnn1. The summed E-state index contributed by atoms with van der Waals surface area (Å²) in [6.07, 6.45) is 4.55. The zero-order chi connectivity index (χ0) is 15.1. The van der Waals surface area contributed by atoms with Gasteiger partial charge in [-0.2, -0.15) is 5.10 Å². The lowest BCUT2D eigenvalue weighted by Gasteiger charge is -2.18. The Hall–Kier alpha value is -1.53. The number of rotatable bonds is 7. The molecular weight excluding hydrogens is 268 g/mol. The number of carbonyl (C=O) groups excluding carboxylic acids is 1. The number of likely N-dealkylation sites (tertiary alicyclic amines) is 1. The van der Waals surface area contributed by atoms with Gasteiger partial charge in [0.05, 0.1) is 0 Å². The monoisotopic (exact) mass is 292 g/mol. The third kappa shape index (κ3) is 4.47. The predicted molar refractivity (Wildman–Crippen MR) is 79.8 cm³/mol. The Bertz CT molecular complexity index is 441. The maximum atomic E-state index is 12.2. The van der Waals surface area contributed by atoms with Crippen LogP contribution in [0.2, 0.25) is 0 Å². The quantitative estimate of drug-likeness (QED) is 0.773. The zero-order valence-corrected chi connectivity index (χ0v) is 12.5. The van der Waals surface area contributed by atoms with Gasteiger partial charge in [0.25, 0.3) is 5.91 Å². The molecule has 2 N–H and O–H groups in total. The highest BCUT2D eigenvalue weighted by Gasteiger charge is 2.33. The van der Waals surface area contributed by atoms with Crippen molar-refractivity contribution in [2.75, 3.05) is 26.2 Å². The van der Waals surface area contributed by atoms with Crippen molar-refractivity contribution < 1.29 is 9.90 Å². The highest BCUT2D eigenvalue weighted by molar-refractivity contribution is 5.92. The second kappa shape index (κ2) is 8.05. The van der Waals surface area contributed by atoms with Crippen molar-refractivity contribution in [1.29, 1.82) is 0 Å². The summed E-state index contributed by atoms with van der Waals surface area (Å²) >= 11 is 0. The van der Waals surface area contributed by atoms with Crippen LogP contribution in [0.5, 0.6) is 0 Å². The summed E-state index contributed by atoms with van der Waals surface area (Å²) in [5.74, 6) is 0.313. The molecule has 6 nitrogen and oxygen atoms in total. The molecule has 1 fully saturated rings. The van der Waals surface area contributed by atoms with Crippen LogP contribution < -0.4 is 5.32 Å². The van der Waals surface area contributed by atoms with Crippen LogP contribution in [0.25, 0.3) is 0 Å². The highest BCUT2D eigenvalue weighted by Crippen LogP contribution is 2.22. The van der Waals surface area contributed by atoms with Crippen molar-refractivity contribution in [3.63, 3.8) is 0 Å². The Balaban J connectivity index is 1.94. The Morgan fingerprint density at radius 2 is 2.38 bits per heavy atom. The van der Waals surface area contributed by atoms with Gasteiger partial charge < -0.3 is 15.3 Å². The van der Waals surface area contributed by atoms with E-state index in [9.17, 15) is 4.79 Å². The van der Waals surface area contributed by atoms with Crippen molar-refractivity contribution >= 4 is 5.91 Å². The van der Waals surface area contributed by atoms with Crippen molar-refractivity contribution in [2.45, 2.75) is 32.2 Å². The van der Waals surface area contributed by atoms with Crippen LogP contribution in [-0.2, 0) is 0 Å². The van der Waals surface area contributed by atoms with Gasteiger partial charge in [-0.05, 0) is 30.9 Å². The number of nitrogens with zero attached hydrogens (tertiary/aromatic N) is 3. The molecule has 0 spiro atoms. The first kappa shape index (κ1) is 15.9. The van der Waals surface area contributed by atoms with E-state index in [-0.39, 0.29) is 18.6 Å². The first-order valence-electron chi connectivity index (χ1n) is 7.66. The molecular formula is C15H24N4O2. The first-order chi connectivity index (χ1) is 10.2. The third-order valence-electron chi connectivity index (χ3n) is 3.93. The molecule has 1 aliphatic rings. The van der Waals surface area contributed by atoms with E-state index in [2.05, 4.69) is 27.3 Å². The van der Waals surface area contributed by atoms with Crippen LogP contribution in [0.4, 0.5) is 0 Å². The van der Waals surface area contributed by atoms with Crippen molar-refractivity contribution in [3.05, 3.63) is 24.0 Å². The van der Waals surface area contributed by atoms with Crippen molar-refractivity contribution in [2.24, 2.45) is 5.92 Å². The largest absolute Gasteiger partial charge is 0.396 e. The first-order valence-corrected chi connectivity index (χ1v) is 7.66. The van der Waals surface area contributed by atoms with E-state index >= 15 is 0 Å². The molecule has 6 heteroatoms. The van der Waals surface area contributed by atoms with Crippen LogP contribution >= 0.6 is 0 Å². The number of hydrogen-bond acceptors (Lipinski definition) is 5. The molecule has 2 unspecified atom stereocenters. The molecule has 0 aliphatic carbocycles. The number of carbonyl (C=O) groups is 1. The number of aromatic nitrogens is 2. The van der Waals surface area contributed by atoms with Gasteiger partial charge in [-0.25, -0.2) is 0 Å². The van der Waals surface area contributed by atoms with Gasteiger partial charge in [-0.15, -0.1) is 5.10 Å². The van der Waals surface area contributed by atoms with Gasteiger partial charge >= 0.3 is 0 Å². The number of nitrogens with one attached hydrogen (secondary N) is 1. The molecule has 1 aliphatic heterocycles. The average Bonchev–Trinajstić information content (AvgIpc) is 2.88. The summed E-state index contributed by atoms with van der Waals surface area (Å²) in [7, 11) is 0. The maximum Gasteiger partial charge on any atom is 0.272 e. The minimum absolute atomic E-state index is 0.151. The van der Waals surface area contributed by atoms with E-state index in [0.29, 0.717) is 11.6 Å². The number of aliphatic hydroxyl groups is 1. The second-order valence-electron chi connectivity index (χ2n) is 5.57. The van der Waals surface area contributed by atoms with E-state index < -0.39 is 0 Å². The van der Waals surface area contributed by atoms with E-state index in [4.69, 9.17) is 5.11 Å². The fourth-order valence-corrected chi connectivity index (χ4v) is 2.93. The van der Waals surface area contributed by atoms with E-state index in [0.717, 1.165) is 38.9 Å². The standard InChI is InChI=1S/C15H24N4O2/c1-2-5-12-10-19(8-4-9-20)11-14(12)17-15(21)13-6-3-7-16-18-13/h3,6-7,12,14,20H,2,4-5,8-11H2,1H3,(H,17,21). The number of amides is 1. The van der Waals surface area contributed by atoms with Gasteiger partial charge in [-0.1, -0.05) is 13.3 Å². The Labute approximate surface area is 125 Å². The second-order valence-corrected chi connectivity index (χ2v) is 5.57. The van der Waals surface area contributed by atoms with E-state index in [1.165, 1.54) is 0 Å². The molecule has 2 heterocycles. The maximum absolute atomic E-state index is 12.2. The molecule has 0 bridgehead atoms. The molecule has 1 aromatic rings. The lowest BCUT2D eigenvalue weighted by Crippen LogP contribution is -2.41. The molecule has 1 saturated heterocycles. The smallest absolute Gasteiger partial charge is 0.272 e. The number of hydrogen-bond donors (Lipinski definition) is 2. The van der Waals surface area contributed by atoms with Crippen LogP contribution in [-0.4, -0.2) is 58.4 Å². The summed E-state index contributed by atoms with van der Waals surface area (Å²) in [5, 5.41) is 19.6. The van der Waals surface area contributed by atoms with Crippen LogP contribution in [0.15, 0.2) is 18.3 Å². The fourth-order valence-electron chi connectivity index (χ4n) is 2.93. The summed E-state index contributed by atoms with van der Waals surface area (Å²) in [6, 6.07) is 3.54. The van der Waals surface area contributed by atoms with Crippen LogP contribution in [0.3, 0.4) is 0 Å². The zero-order valence-electron chi connectivity index (χ0n) is 12.5. The van der Waals surface area contributed by atoms with E-state index in [1.54, 1.807) is 18.3 Å². The minimum atomic E-state index is -0.154. The average molecular weight is 292 g/mol. The lowest BCUT2D eigenvalue weighted by atomic mass is 9.98. The molecule has 1 amide bonds.